The summed E-state index contributed by atoms with van der Waals surface area (Å²) < 4.78 is 28.8. The average Bonchev–Trinajstić information content (AvgIpc) is 3.15. The summed E-state index contributed by atoms with van der Waals surface area (Å²) in [7, 11) is 1.38. The molecule has 1 aliphatic heterocycles. The second kappa shape index (κ2) is 17.0. The van der Waals surface area contributed by atoms with E-state index in [0.29, 0.717) is 42.3 Å². The van der Waals surface area contributed by atoms with Gasteiger partial charge in [0.05, 0.1) is 32.5 Å². The normalized spacial score (nSPS) is 16.4. The van der Waals surface area contributed by atoms with Gasteiger partial charge in [0.1, 0.15) is 5.60 Å². The summed E-state index contributed by atoms with van der Waals surface area (Å²) in [6, 6.07) is 3.21. The largest absolute Gasteiger partial charge is 0.493 e. The summed E-state index contributed by atoms with van der Waals surface area (Å²) in [6.45, 7) is 24.5. The zero-order valence-electron chi connectivity index (χ0n) is 28.7. The van der Waals surface area contributed by atoms with Crippen molar-refractivity contribution < 1.29 is 33.3 Å². The predicted molar refractivity (Wildman–Crippen MR) is 175 cm³/mol. The minimum atomic E-state index is -1.67. The first-order chi connectivity index (χ1) is 20.1. The molecule has 10 heteroatoms. The minimum absolute atomic E-state index is 0.255. The van der Waals surface area contributed by atoms with Crippen molar-refractivity contribution in [3.05, 3.63) is 17.7 Å². The van der Waals surface area contributed by atoms with Gasteiger partial charge in [0.2, 0.25) is 5.75 Å². The molecule has 0 radical (unpaired) electrons. The van der Waals surface area contributed by atoms with Crippen molar-refractivity contribution in [3.63, 3.8) is 0 Å². The van der Waals surface area contributed by atoms with Gasteiger partial charge in [-0.1, -0.05) is 20.8 Å². The van der Waals surface area contributed by atoms with E-state index in [9.17, 15) is 9.90 Å². The van der Waals surface area contributed by atoms with Gasteiger partial charge in [-0.3, -0.25) is 0 Å². The predicted octanol–water partition coefficient (Wildman–Crippen LogP) is 5.99. The van der Waals surface area contributed by atoms with E-state index in [1.165, 1.54) is 14.2 Å². The number of ether oxygens (including phenoxy) is 4. The summed E-state index contributed by atoms with van der Waals surface area (Å²) in [6.07, 6.45) is 3.90. The number of esters is 1. The van der Waals surface area contributed by atoms with E-state index in [4.69, 9.17) is 23.4 Å². The number of nitrogens with zero attached hydrogens (tertiary/aromatic N) is 2. The van der Waals surface area contributed by atoms with Crippen molar-refractivity contribution in [2.24, 2.45) is 0 Å². The first kappa shape index (κ1) is 37.3. The van der Waals surface area contributed by atoms with E-state index in [-0.39, 0.29) is 11.1 Å². The van der Waals surface area contributed by atoms with E-state index in [2.05, 4.69) is 43.7 Å². The molecule has 1 aromatic rings. The third-order valence-corrected chi connectivity index (χ3v) is 12.9. The number of aliphatic hydroxyl groups excluding tert-OH is 1. The maximum absolute atomic E-state index is 12.6. The van der Waals surface area contributed by atoms with Gasteiger partial charge < -0.3 is 38.3 Å². The van der Waals surface area contributed by atoms with Gasteiger partial charge >= 0.3 is 5.97 Å². The molecule has 248 valence electrons. The van der Waals surface area contributed by atoms with Crippen LogP contribution in [0.4, 0.5) is 0 Å². The maximum Gasteiger partial charge on any atom is 0.338 e. The fourth-order valence-electron chi connectivity index (χ4n) is 4.77. The number of methoxy groups -OCH3 is 2. The summed E-state index contributed by atoms with van der Waals surface area (Å²) in [5.74, 6) is 0.781. The van der Waals surface area contributed by atoms with Crippen LogP contribution in [0.3, 0.4) is 0 Å². The van der Waals surface area contributed by atoms with Crippen LogP contribution in [0.25, 0.3) is 0 Å². The monoisotopic (exact) mass is 624 g/mol. The van der Waals surface area contributed by atoms with Crippen LogP contribution in [0.1, 0.15) is 84.0 Å². The van der Waals surface area contributed by atoms with Gasteiger partial charge in [-0.15, -0.1) is 0 Å². The zero-order valence-corrected chi connectivity index (χ0v) is 29.7. The summed E-state index contributed by atoms with van der Waals surface area (Å²) in [5.41, 5.74) is -0.285. The number of hydrogen-bond donors (Lipinski definition) is 1. The first-order valence-electron chi connectivity index (χ1n) is 15.9. The molecular formula is C33H60N2O7Si. The highest BCUT2D eigenvalue weighted by molar-refractivity contribution is 6.74. The Labute approximate surface area is 262 Å². The van der Waals surface area contributed by atoms with Crippen LogP contribution >= 0.6 is 0 Å². The van der Waals surface area contributed by atoms with E-state index in [1.807, 2.05) is 20.8 Å². The van der Waals surface area contributed by atoms with Gasteiger partial charge in [-0.05, 0) is 96.2 Å². The third-order valence-electron chi connectivity index (χ3n) is 8.37. The zero-order chi connectivity index (χ0) is 32.3. The third kappa shape index (κ3) is 13.0. The quantitative estimate of drug-likeness (QED) is 0.135. The topological polar surface area (TPSA) is 89.9 Å². The van der Waals surface area contributed by atoms with Crippen LogP contribution < -0.4 is 14.2 Å². The Kier molecular flexibility index (Phi) is 14.8. The van der Waals surface area contributed by atoms with Crippen LogP contribution in [0.15, 0.2) is 12.1 Å². The Bertz CT molecular complexity index is 991. The van der Waals surface area contributed by atoms with Crippen molar-refractivity contribution in [2.75, 3.05) is 66.7 Å². The standard InChI is InChI=1S/C33H60N2O7Si/c1-32(2,3)42-31(37)26-24-28(38-7)30(39-8)29(25-26)40-22-11-14-27(36)15-19-35-17-12-16-34(20-21-35)18-13-23-41-43(9,10)33(4,5)6/h24-25,27,36H,11-23H2,1-10H3. The van der Waals surface area contributed by atoms with Crippen molar-refractivity contribution in [2.45, 2.75) is 103 Å². The molecule has 1 aromatic carbocycles. The number of benzene rings is 1. The highest BCUT2D eigenvalue weighted by Gasteiger charge is 2.36. The molecule has 1 N–H and O–H groups in total. The minimum Gasteiger partial charge on any atom is -0.493 e. The molecule has 43 heavy (non-hydrogen) atoms. The van der Waals surface area contributed by atoms with E-state index >= 15 is 0 Å². The van der Waals surface area contributed by atoms with Crippen LogP contribution in [0, 0.1) is 0 Å². The lowest BCUT2D eigenvalue weighted by molar-refractivity contribution is 0.00686. The van der Waals surface area contributed by atoms with Crippen LogP contribution in [0.5, 0.6) is 17.2 Å². The van der Waals surface area contributed by atoms with Gasteiger partial charge in [-0.2, -0.15) is 0 Å². The molecule has 1 aliphatic rings. The Hall–Kier alpha value is -1.85. The van der Waals surface area contributed by atoms with Gasteiger partial charge in [0.25, 0.3) is 0 Å². The number of aliphatic hydroxyl groups is 1. The Morgan fingerprint density at radius 3 is 2.09 bits per heavy atom. The van der Waals surface area contributed by atoms with Crippen molar-refractivity contribution >= 4 is 14.3 Å². The number of hydrogen-bond acceptors (Lipinski definition) is 9. The molecule has 0 spiro atoms. The Morgan fingerprint density at radius 1 is 0.884 bits per heavy atom. The van der Waals surface area contributed by atoms with Crippen LogP contribution in [-0.4, -0.2) is 108 Å². The van der Waals surface area contributed by atoms with Crippen molar-refractivity contribution in [1.29, 1.82) is 0 Å². The molecule has 0 amide bonds. The highest BCUT2D eigenvalue weighted by atomic mass is 28.4. The number of rotatable bonds is 16. The molecule has 9 nitrogen and oxygen atoms in total. The molecule has 0 aliphatic carbocycles. The molecule has 1 heterocycles. The van der Waals surface area contributed by atoms with Gasteiger partial charge in [0, 0.05) is 32.8 Å². The van der Waals surface area contributed by atoms with Crippen LogP contribution in [0.2, 0.25) is 18.1 Å². The lowest BCUT2D eigenvalue weighted by atomic mass is 10.1. The summed E-state index contributed by atoms with van der Waals surface area (Å²) >= 11 is 0. The lowest BCUT2D eigenvalue weighted by Gasteiger charge is -2.36. The average molecular weight is 625 g/mol. The van der Waals surface area contributed by atoms with E-state index in [1.54, 1.807) is 12.1 Å². The molecule has 0 bridgehead atoms. The molecule has 1 fully saturated rings. The molecule has 0 aromatic heterocycles. The number of carbonyl (C=O) groups is 1. The fraction of sp³-hybridized carbons (Fsp3) is 0.788. The molecule has 1 saturated heterocycles. The molecule has 0 saturated carbocycles. The second-order valence-electron chi connectivity index (χ2n) is 14.1. The highest BCUT2D eigenvalue weighted by Crippen LogP contribution is 2.39. The Morgan fingerprint density at radius 2 is 1.51 bits per heavy atom. The molecular weight excluding hydrogens is 564 g/mol. The van der Waals surface area contributed by atoms with Crippen molar-refractivity contribution in [1.82, 2.24) is 9.80 Å². The molecule has 2 rings (SSSR count). The van der Waals surface area contributed by atoms with Crippen LogP contribution in [-0.2, 0) is 9.16 Å². The fourth-order valence-corrected chi connectivity index (χ4v) is 5.86. The smallest absolute Gasteiger partial charge is 0.338 e. The van der Waals surface area contributed by atoms with E-state index in [0.717, 1.165) is 65.1 Å². The van der Waals surface area contributed by atoms with Gasteiger partial charge in [-0.25, -0.2) is 4.79 Å². The summed E-state index contributed by atoms with van der Waals surface area (Å²) in [5, 5.41) is 10.9. The molecule has 1 atom stereocenters. The Balaban J connectivity index is 1.73. The maximum atomic E-state index is 12.6. The van der Waals surface area contributed by atoms with Crippen molar-refractivity contribution in [3.8, 4) is 17.2 Å². The summed E-state index contributed by atoms with van der Waals surface area (Å²) in [4.78, 5) is 17.7. The first-order valence-corrected chi connectivity index (χ1v) is 18.9. The lowest BCUT2D eigenvalue weighted by Crippen LogP contribution is -2.41. The number of carbonyl (C=O) groups excluding carboxylic acids is 1. The molecule has 1 unspecified atom stereocenters. The SMILES string of the molecule is COc1cc(C(=O)OC(C)(C)C)cc(OCCCC(O)CCN2CCCN(CCCO[Si](C)(C)C(C)(C)C)CC2)c1OC. The second-order valence-corrected chi connectivity index (χ2v) is 19.0. The van der Waals surface area contributed by atoms with E-state index < -0.39 is 19.9 Å². The van der Waals surface area contributed by atoms with Gasteiger partial charge in [0.15, 0.2) is 19.8 Å².